The Bertz CT molecular complexity index is 1570. The maximum atomic E-state index is 9.08. The summed E-state index contributed by atoms with van der Waals surface area (Å²) in [4.78, 5) is 3.02. The van der Waals surface area contributed by atoms with E-state index in [1.165, 1.54) is 0 Å². The molecule has 8 nitrogen and oxygen atoms in total. The number of ether oxygens (including phenoxy) is 2. The summed E-state index contributed by atoms with van der Waals surface area (Å²) >= 11 is 0. The van der Waals surface area contributed by atoms with Crippen LogP contribution in [0.15, 0.2) is 36.4 Å². The summed E-state index contributed by atoms with van der Waals surface area (Å²) in [6.45, 7) is 18.9. The van der Waals surface area contributed by atoms with E-state index in [4.69, 9.17) is 29.5 Å². The third-order valence-corrected chi connectivity index (χ3v) is 12.3. The summed E-state index contributed by atoms with van der Waals surface area (Å²) in [6, 6.07) is 15.5. The Morgan fingerprint density at radius 1 is 0.929 bits per heavy atom. The minimum atomic E-state index is -1.43. The summed E-state index contributed by atoms with van der Waals surface area (Å²) < 4.78 is 18.2. The van der Waals surface area contributed by atoms with Gasteiger partial charge in [-0.05, 0) is 74.8 Å². The van der Waals surface area contributed by atoms with Gasteiger partial charge < -0.3 is 28.6 Å². The molecule has 0 spiro atoms. The van der Waals surface area contributed by atoms with E-state index in [1.54, 1.807) is 14.2 Å². The Labute approximate surface area is 251 Å². The Morgan fingerprint density at radius 2 is 1.52 bits per heavy atom. The van der Waals surface area contributed by atoms with Crippen LogP contribution >= 0.6 is 0 Å². The number of aromatic amines is 1. The minimum absolute atomic E-state index is 0.0174. The summed E-state index contributed by atoms with van der Waals surface area (Å²) in [5, 5.41) is 29.3. The SMILES string of the molecule is CCCO[Si](C)(C)C(C)(C)C.COc1ccc2[nH]c(C#N)cc2c1C.COc1ccc2c(cc(C#N)n2CCO)c1C. The van der Waals surface area contributed by atoms with E-state index in [1.807, 2.05) is 54.8 Å². The van der Waals surface area contributed by atoms with Crippen molar-refractivity contribution in [1.29, 1.82) is 10.5 Å². The highest BCUT2D eigenvalue weighted by Gasteiger charge is 2.36. The number of rotatable bonds is 7. The highest BCUT2D eigenvalue weighted by atomic mass is 28.4. The molecule has 2 aromatic carbocycles. The van der Waals surface area contributed by atoms with Crippen molar-refractivity contribution in [3.63, 3.8) is 0 Å². The lowest BCUT2D eigenvalue weighted by Crippen LogP contribution is -2.40. The highest BCUT2D eigenvalue weighted by Crippen LogP contribution is 2.36. The standard InChI is InChI=1S/C13H14N2O2.C11H10N2O.C9H22OSi/c1-9-11-7-10(8-14)15(5-6-16)12(11)3-4-13(9)17-2;1-7-9-5-8(6-12)13-10(9)3-4-11(7)14-2;1-7-8-10-11(5,6)9(2,3)4/h3-4,7,16H,5-6H2,1-2H3;3-5,13H,1-2H3;7-8H2,1-6H3. The normalized spacial score (nSPS) is 11.2. The first-order valence-electron chi connectivity index (χ1n) is 14.2. The third-order valence-electron chi connectivity index (χ3n) is 7.80. The molecular formula is C33H46N4O4Si. The molecular weight excluding hydrogens is 544 g/mol. The van der Waals surface area contributed by atoms with Crippen molar-refractivity contribution in [3.05, 3.63) is 58.9 Å². The summed E-state index contributed by atoms with van der Waals surface area (Å²) in [5.41, 5.74) is 5.14. The lowest BCUT2D eigenvalue weighted by Gasteiger charge is -2.36. The topological polar surface area (TPSA) is 116 Å². The molecule has 42 heavy (non-hydrogen) atoms. The largest absolute Gasteiger partial charge is 0.496 e. The van der Waals surface area contributed by atoms with Crippen molar-refractivity contribution in [2.24, 2.45) is 0 Å². The molecule has 9 heteroatoms. The Hall–Kier alpha value is -3.76. The molecule has 0 aliphatic carbocycles. The van der Waals surface area contributed by atoms with Crippen LogP contribution in [0.2, 0.25) is 18.1 Å². The van der Waals surface area contributed by atoms with Crippen molar-refractivity contribution in [2.45, 2.75) is 72.6 Å². The second-order valence-electron chi connectivity index (χ2n) is 11.6. The van der Waals surface area contributed by atoms with E-state index in [0.29, 0.717) is 23.0 Å². The quantitative estimate of drug-likeness (QED) is 0.214. The van der Waals surface area contributed by atoms with Gasteiger partial charge in [-0.25, -0.2) is 0 Å². The minimum Gasteiger partial charge on any atom is -0.496 e. The average molecular weight is 591 g/mol. The molecule has 0 aliphatic heterocycles. The molecule has 2 heterocycles. The van der Waals surface area contributed by atoms with Crippen LogP contribution in [0, 0.1) is 36.5 Å². The Morgan fingerprint density at radius 3 is 2.02 bits per heavy atom. The second-order valence-corrected chi connectivity index (χ2v) is 16.4. The van der Waals surface area contributed by atoms with Crippen LogP contribution in [-0.2, 0) is 11.0 Å². The van der Waals surface area contributed by atoms with E-state index >= 15 is 0 Å². The monoisotopic (exact) mass is 590 g/mol. The molecule has 4 aromatic rings. The van der Waals surface area contributed by atoms with Crippen LogP contribution in [-0.4, -0.2) is 50.4 Å². The Balaban J connectivity index is 0.000000226. The van der Waals surface area contributed by atoms with Crippen molar-refractivity contribution >= 4 is 30.1 Å². The predicted molar refractivity (Wildman–Crippen MR) is 173 cm³/mol. The predicted octanol–water partition coefficient (Wildman–Crippen LogP) is 7.60. The van der Waals surface area contributed by atoms with Crippen LogP contribution < -0.4 is 9.47 Å². The lowest BCUT2D eigenvalue weighted by atomic mass is 10.1. The number of aliphatic hydroxyl groups excluding tert-OH is 1. The van der Waals surface area contributed by atoms with Gasteiger partial charge in [-0.2, -0.15) is 10.5 Å². The molecule has 0 bridgehead atoms. The first-order chi connectivity index (χ1) is 19.8. The molecule has 226 valence electrons. The van der Waals surface area contributed by atoms with Gasteiger partial charge in [0.15, 0.2) is 8.32 Å². The number of benzene rings is 2. The fourth-order valence-corrected chi connectivity index (χ4v) is 5.44. The number of hydrogen-bond acceptors (Lipinski definition) is 6. The van der Waals surface area contributed by atoms with Gasteiger partial charge in [0.2, 0.25) is 0 Å². The van der Waals surface area contributed by atoms with Gasteiger partial charge in [0.25, 0.3) is 0 Å². The van der Waals surface area contributed by atoms with E-state index in [-0.39, 0.29) is 6.61 Å². The van der Waals surface area contributed by atoms with Gasteiger partial charge in [0.05, 0.1) is 20.8 Å². The number of nitrogens with zero attached hydrogens (tertiary/aromatic N) is 3. The number of fused-ring (bicyclic) bond motifs is 2. The van der Waals surface area contributed by atoms with Gasteiger partial charge >= 0.3 is 0 Å². The van der Waals surface area contributed by atoms with Gasteiger partial charge in [-0.3, -0.25) is 0 Å². The second kappa shape index (κ2) is 14.9. The van der Waals surface area contributed by atoms with Crippen molar-refractivity contribution in [3.8, 4) is 23.6 Å². The van der Waals surface area contributed by atoms with Crippen molar-refractivity contribution in [1.82, 2.24) is 9.55 Å². The number of methoxy groups -OCH3 is 2. The zero-order chi connectivity index (χ0) is 31.7. The van der Waals surface area contributed by atoms with Crippen molar-refractivity contribution in [2.75, 3.05) is 27.4 Å². The molecule has 0 radical (unpaired) electrons. The van der Waals surface area contributed by atoms with E-state index in [2.05, 4.69) is 57.9 Å². The van der Waals surface area contributed by atoms with Gasteiger partial charge in [0.1, 0.15) is 35.0 Å². The molecule has 0 atom stereocenters. The third kappa shape index (κ3) is 7.95. The number of nitriles is 2. The average Bonchev–Trinajstić information content (AvgIpc) is 3.55. The molecule has 0 unspecified atom stereocenters. The highest BCUT2D eigenvalue weighted by molar-refractivity contribution is 6.74. The first kappa shape index (κ1) is 34.4. The number of H-pyrrole nitrogens is 1. The molecule has 0 saturated carbocycles. The zero-order valence-corrected chi connectivity index (χ0v) is 27.8. The fourth-order valence-electron chi connectivity index (χ4n) is 4.30. The van der Waals surface area contributed by atoms with Crippen LogP contribution in [0.1, 0.15) is 56.6 Å². The summed E-state index contributed by atoms with van der Waals surface area (Å²) in [5.74, 6) is 1.66. The summed E-state index contributed by atoms with van der Waals surface area (Å²) in [7, 11) is 1.85. The summed E-state index contributed by atoms with van der Waals surface area (Å²) in [6.07, 6.45) is 1.13. The fraction of sp³-hybridized carbons (Fsp3) is 0.455. The number of hydrogen-bond donors (Lipinski definition) is 2. The molecule has 2 aromatic heterocycles. The molecule has 0 fully saturated rings. The molecule has 4 rings (SSSR count). The van der Waals surface area contributed by atoms with E-state index in [9.17, 15) is 0 Å². The smallest absolute Gasteiger partial charge is 0.191 e. The molecule has 2 N–H and O–H groups in total. The van der Waals surface area contributed by atoms with Crippen LogP contribution in [0.3, 0.4) is 0 Å². The number of nitrogens with one attached hydrogen (secondary N) is 1. The maximum Gasteiger partial charge on any atom is 0.191 e. The van der Waals surface area contributed by atoms with Gasteiger partial charge in [0, 0.05) is 46.1 Å². The van der Waals surface area contributed by atoms with Crippen LogP contribution in [0.25, 0.3) is 21.8 Å². The first-order valence-corrected chi connectivity index (χ1v) is 17.1. The van der Waals surface area contributed by atoms with Gasteiger partial charge in [-0.15, -0.1) is 0 Å². The number of aryl methyl sites for hydroxylation is 2. The zero-order valence-electron chi connectivity index (χ0n) is 26.8. The maximum absolute atomic E-state index is 9.08. The van der Waals surface area contributed by atoms with E-state index in [0.717, 1.165) is 57.5 Å². The number of aliphatic hydroxyl groups is 1. The lowest BCUT2D eigenvalue weighted by molar-refractivity contribution is 0.277. The van der Waals surface area contributed by atoms with Crippen LogP contribution in [0.5, 0.6) is 11.5 Å². The Kier molecular flexibility index (Phi) is 12.2. The van der Waals surface area contributed by atoms with Crippen LogP contribution in [0.4, 0.5) is 0 Å². The van der Waals surface area contributed by atoms with Gasteiger partial charge in [-0.1, -0.05) is 27.7 Å². The number of aromatic nitrogens is 2. The molecule has 0 amide bonds. The van der Waals surface area contributed by atoms with E-state index < -0.39 is 8.32 Å². The molecule has 0 saturated heterocycles. The molecule has 0 aliphatic rings. The van der Waals surface area contributed by atoms with Crippen molar-refractivity contribution < 1.29 is 19.0 Å².